The molecule has 0 aliphatic heterocycles. The molecule has 1 heterocycles. The minimum atomic E-state index is -0.521. The molecule has 0 atom stereocenters. The number of anilines is 1. The number of aryl methyl sites for hydroxylation is 1. The van der Waals surface area contributed by atoms with Crippen LogP contribution in [0.5, 0.6) is 5.75 Å². The maximum absolute atomic E-state index is 11.5. The number of ether oxygens (including phenoxy) is 2. The van der Waals surface area contributed by atoms with Gasteiger partial charge in [0.25, 0.3) is 0 Å². The van der Waals surface area contributed by atoms with Gasteiger partial charge in [-0.15, -0.1) is 0 Å². The fourth-order valence-electron chi connectivity index (χ4n) is 1.89. The summed E-state index contributed by atoms with van der Waals surface area (Å²) in [6.45, 7) is 1.93. The van der Waals surface area contributed by atoms with E-state index in [1.807, 2.05) is 13.0 Å². The second kappa shape index (κ2) is 4.52. The molecule has 0 saturated heterocycles. The van der Waals surface area contributed by atoms with E-state index in [-0.39, 0.29) is 5.69 Å². The average Bonchev–Trinajstić information content (AvgIpc) is 2.37. The molecule has 94 valence electrons. The highest BCUT2D eigenvalue weighted by molar-refractivity contribution is 6.00. The highest BCUT2D eigenvalue weighted by Gasteiger charge is 2.15. The number of pyridine rings is 1. The van der Waals surface area contributed by atoms with Crippen LogP contribution in [-0.2, 0) is 4.74 Å². The van der Waals surface area contributed by atoms with Crippen LogP contribution in [0.4, 0.5) is 5.69 Å². The van der Waals surface area contributed by atoms with Gasteiger partial charge < -0.3 is 15.2 Å². The molecule has 2 aromatic rings. The van der Waals surface area contributed by atoms with Crippen molar-refractivity contribution in [2.24, 2.45) is 0 Å². The minimum Gasteiger partial charge on any atom is -0.494 e. The van der Waals surface area contributed by atoms with E-state index in [4.69, 9.17) is 10.5 Å². The number of aromatic nitrogens is 1. The molecule has 0 aliphatic rings. The summed E-state index contributed by atoms with van der Waals surface area (Å²) in [6.07, 6.45) is 0. The van der Waals surface area contributed by atoms with Crippen molar-refractivity contribution in [3.63, 3.8) is 0 Å². The molecule has 0 radical (unpaired) electrons. The van der Waals surface area contributed by atoms with Gasteiger partial charge >= 0.3 is 5.97 Å². The van der Waals surface area contributed by atoms with Crippen LogP contribution in [-0.4, -0.2) is 25.2 Å². The molecule has 1 aromatic heterocycles. The lowest BCUT2D eigenvalue weighted by molar-refractivity contribution is 0.0594. The molecule has 5 nitrogen and oxygen atoms in total. The van der Waals surface area contributed by atoms with Crippen LogP contribution in [0.25, 0.3) is 10.9 Å². The number of fused-ring (bicyclic) bond motifs is 1. The number of carbonyl (C=O) groups excluding carboxylic acids is 1. The van der Waals surface area contributed by atoms with Gasteiger partial charge in [-0.25, -0.2) is 9.78 Å². The maximum Gasteiger partial charge on any atom is 0.356 e. The van der Waals surface area contributed by atoms with E-state index in [2.05, 4.69) is 9.72 Å². The minimum absolute atomic E-state index is 0.173. The molecule has 0 saturated carbocycles. The monoisotopic (exact) mass is 246 g/mol. The Balaban J connectivity index is 2.81. The number of nitrogens with zero attached hydrogens (tertiary/aromatic N) is 1. The van der Waals surface area contributed by atoms with Gasteiger partial charge in [0, 0.05) is 11.1 Å². The van der Waals surface area contributed by atoms with E-state index in [0.29, 0.717) is 17.0 Å². The molecule has 0 bridgehead atoms. The van der Waals surface area contributed by atoms with Crippen LogP contribution < -0.4 is 10.5 Å². The number of benzene rings is 1. The quantitative estimate of drug-likeness (QED) is 0.819. The summed E-state index contributed by atoms with van der Waals surface area (Å²) in [5, 5.41) is 0.794. The fraction of sp³-hybridized carbons (Fsp3) is 0.231. The lowest BCUT2D eigenvalue weighted by atomic mass is 10.1. The van der Waals surface area contributed by atoms with Crippen LogP contribution in [0.3, 0.4) is 0 Å². The lowest BCUT2D eigenvalue weighted by Crippen LogP contribution is -2.06. The number of hydrogen-bond donors (Lipinski definition) is 1. The molecule has 2 N–H and O–H groups in total. The number of carbonyl (C=O) groups is 1. The van der Waals surface area contributed by atoms with Gasteiger partial charge in [-0.3, -0.25) is 0 Å². The smallest absolute Gasteiger partial charge is 0.356 e. The van der Waals surface area contributed by atoms with Crippen molar-refractivity contribution < 1.29 is 14.3 Å². The second-order valence-corrected chi connectivity index (χ2v) is 3.90. The number of esters is 1. The molecule has 2 rings (SSSR count). The standard InChI is InChI=1S/C13H14N2O3/c1-7-4-5-10(17-2)12-11(7)8(14)6-9(15-12)13(16)18-3/h4-6H,1-3H3,(H2,14,15). The normalized spacial score (nSPS) is 10.4. The van der Waals surface area contributed by atoms with E-state index in [9.17, 15) is 4.79 Å². The summed E-state index contributed by atoms with van der Waals surface area (Å²) < 4.78 is 9.88. The molecule has 1 aromatic carbocycles. The van der Waals surface area contributed by atoms with E-state index in [1.54, 1.807) is 13.2 Å². The van der Waals surface area contributed by atoms with Gasteiger partial charge in [-0.2, -0.15) is 0 Å². The van der Waals surface area contributed by atoms with Gasteiger partial charge in [0.05, 0.1) is 14.2 Å². The van der Waals surface area contributed by atoms with Crippen molar-refractivity contribution >= 4 is 22.6 Å². The predicted octanol–water partition coefficient (Wildman–Crippen LogP) is 1.92. The summed E-state index contributed by atoms with van der Waals surface area (Å²) in [5.41, 5.74) is 8.17. The summed E-state index contributed by atoms with van der Waals surface area (Å²) in [7, 11) is 2.85. The Morgan fingerprint density at radius 2 is 2.06 bits per heavy atom. The van der Waals surface area contributed by atoms with Gasteiger partial charge in [-0.1, -0.05) is 6.07 Å². The van der Waals surface area contributed by atoms with Crippen molar-refractivity contribution in [3.8, 4) is 5.75 Å². The third-order valence-corrected chi connectivity index (χ3v) is 2.78. The Kier molecular flexibility index (Phi) is 3.06. The van der Waals surface area contributed by atoms with Crippen LogP contribution in [0.1, 0.15) is 16.1 Å². The largest absolute Gasteiger partial charge is 0.494 e. The molecule has 5 heteroatoms. The molecule has 0 amide bonds. The molecule has 0 spiro atoms. The first-order valence-corrected chi connectivity index (χ1v) is 5.40. The van der Waals surface area contributed by atoms with Crippen LogP contribution in [0.15, 0.2) is 18.2 Å². The zero-order valence-corrected chi connectivity index (χ0v) is 10.5. The Labute approximate surface area is 105 Å². The summed E-state index contributed by atoms with van der Waals surface area (Å²) in [5.74, 6) is 0.0558. The van der Waals surface area contributed by atoms with Crippen LogP contribution in [0.2, 0.25) is 0 Å². The third-order valence-electron chi connectivity index (χ3n) is 2.78. The zero-order valence-electron chi connectivity index (χ0n) is 10.5. The number of rotatable bonds is 2. The zero-order chi connectivity index (χ0) is 13.3. The molecular formula is C13H14N2O3. The van der Waals surface area contributed by atoms with Gasteiger partial charge in [0.2, 0.25) is 0 Å². The van der Waals surface area contributed by atoms with E-state index < -0.39 is 5.97 Å². The van der Waals surface area contributed by atoms with Crippen molar-refractivity contribution in [2.45, 2.75) is 6.92 Å². The summed E-state index contributed by atoms with van der Waals surface area (Å²) >= 11 is 0. The van der Waals surface area contributed by atoms with Crippen LogP contribution >= 0.6 is 0 Å². The van der Waals surface area contributed by atoms with E-state index in [0.717, 1.165) is 10.9 Å². The van der Waals surface area contributed by atoms with Gasteiger partial charge in [0.15, 0.2) is 5.69 Å². The first kappa shape index (κ1) is 12.2. The number of methoxy groups -OCH3 is 2. The topological polar surface area (TPSA) is 74.4 Å². The Hall–Kier alpha value is -2.30. The van der Waals surface area contributed by atoms with Crippen molar-refractivity contribution in [3.05, 3.63) is 29.5 Å². The van der Waals surface area contributed by atoms with Crippen molar-refractivity contribution in [1.29, 1.82) is 0 Å². The molecular weight excluding hydrogens is 232 g/mol. The van der Waals surface area contributed by atoms with E-state index in [1.165, 1.54) is 13.2 Å². The first-order chi connectivity index (χ1) is 8.58. The van der Waals surface area contributed by atoms with Crippen molar-refractivity contribution in [1.82, 2.24) is 4.98 Å². The molecule has 0 unspecified atom stereocenters. The molecule has 0 aliphatic carbocycles. The van der Waals surface area contributed by atoms with Gasteiger partial charge in [0.1, 0.15) is 11.3 Å². The number of nitrogens with two attached hydrogens (primary N) is 1. The molecule has 0 fully saturated rings. The highest BCUT2D eigenvalue weighted by atomic mass is 16.5. The third kappa shape index (κ3) is 1.84. The lowest BCUT2D eigenvalue weighted by Gasteiger charge is -2.10. The predicted molar refractivity (Wildman–Crippen MR) is 68.8 cm³/mol. The average molecular weight is 246 g/mol. The Morgan fingerprint density at radius 1 is 1.33 bits per heavy atom. The summed E-state index contributed by atoms with van der Waals surface area (Å²) in [4.78, 5) is 15.8. The molecule has 18 heavy (non-hydrogen) atoms. The maximum atomic E-state index is 11.5. The highest BCUT2D eigenvalue weighted by Crippen LogP contribution is 2.31. The fourth-order valence-corrected chi connectivity index (χ4v) is 1.89. The Bertz CT molecular complexity index is 623. The SMILES string of the molecule is COC(=O)c1cc(N)c2c(C)ccc(OC)c2n1. The number of nitrogen functional groups attached to an aromatic ring is 1. The summed E-state index contributed by atoms with van der Waals surface area (Å²) in [6, 6.07) is 5.21. The second-order valence-electron chi connectivity index (χ2n) is 3.90. The van der Waals surface area contributed by atoms with Crippen molar-refractivity contribution in [2.75, 3.05) is 20.0 Å². The number of hydrogen-bond acceptors (Lipinski definition) is 5. The first-order valence-electron chi connectivity index (χ1n) is 5.40. The Morgan fingerprint density at radius 3 is 2.67 bits per heavy atom. The van der Waals surface area contributed by atoms with Gasteiger partial charge in [-0.05, 0) is 24.6 Å². The van der Waals surface area contributed by atoms with E-state index >= 15 is 0 Å². The van der Waals surface area contributed by atoms with Crippen LogP contribution in [0, 0.1) is 6.92 Å².